The number of hydrogen-bond donors (Lipinski definition) is 1. The van der Waals surface area contributed by atoms with Crippen molar-refractivity contribution >= 4 is 0 Å². The van der Waals surface area contributed by atoms with E-state index >= 15 is 0 Å². The Balaban J connectivity index is 1.72. The van der Waals surface area contributed by atoms with Crippen molar-refractivity contribution in [2.24, 2.45) is 11.7 Å². The summed E-state index contributed by atoms with van der Waals surface area (Å²) in [5, 5.41) is 0. The maximum Gasteiger partial charge on any atom is 0.0372 e. The highest BCUT2D eigenvalue weighted by atomic mass is 15.2. The van der Waals surface area contributed by atoms with E-state index in [0.29, 0.717) is 0 Å². The summed E-state index contributed by atoms with van der Waals surface area (Å²) < 4.78 is 0. The summed E-state index contributed by atoms with van der Waals surface area (Å²) in [4.78, 5) is 5.02. The number of hydrogen-bond acceptors (Lipinski definition) is 3. The van der Waals surface area contributed by atoms with Gasteiger partial charge in [0.2, 0.25) is 0 Å². The minimum Gasteiger partial charge on any atom is -0.329 e. The number of aryl methyl sites for hydroxylation is 1. The van der Waals surface area contributed by atoms with Crippen molar-refractivity contribution in [1.82, 2.24) is 9.80 Å². The second-order valence-electron chi connectivity index (χ2n) is 7.17. The summed E-state index contributed by atoms with van der Waals surface area (Å²) in [6.45, 7) is 4.43. The predicted molar refractivity (Wildman–Crippen MR) is 88.5 cm³/mol. The molecule has 0 amide bonds. The lowest BCUT2D eigenvalue weighted by Crippen LogP contribution is -2.56. The molecule has 1 aliphatic carbocycles. The molecule has 0 spiro atoms. The van der Waals surface area contributed by atoms with E-state index in [0.717, 1.165) is 18.9 Å². The highest BCUT2D eigenvalue weighted by Gasteiger charge is 2.38. The molecule has 0 aromatic heterocycles. The lowest BCUT2D eigenvalue weighted by Gasteiger charge is -2.45. The van der Waals surface area contributed by atoms with Gasteiger partial charge in [-0.1, -0.05) is 24.3 Å². The molecule has 0 bridgehead atoms. The second-order valence-corrected chi connectivity index (χ2v) is 7.17. The van der Waals surface area contributed by atoms with Gasteiger partial charge < -0.3 is 10.6 Å². The average molecular weight is 287 g/mol. The van der Waals surface area contributed by atoms with E-state index < -0.39 is 0 Å². The zero-order valence-corrected chi connectivity index (χ0v) is 13.5. The Kier molecular flexibility index (Phi) is 4.34. The van der Waals surface area contributed by atoms with Crippen molar-refractivity contribution in [3.8, 4) is 0 Å². The van der Waals surface area contributed by atoms with Crippen LogP contribution in [0.3, 0.4) is 0 Å². The molecule has 1 saturated heterocycles. The Morgan fingerprint density at radius 3 is 2.76 bits per heavy atom. The number of nitrogens with zero attached hydrogens (tertiary/aromatic N) is 2. The largest absolute Gasteiger partial charge is 0.329 e. The standard InChI is InChI=1S/C18H29N3/c1-20-10-8-15(12-20)13-21(2)18(14-19)9-7-16-5-3-4-6-17(16)11-18/h3-6,15H,7-14,19H2,1-2H3. The van der Waals surface area contributed by atoms with E-state index in [-0.39, 0.29) is 5.54 Å². The Labute approximate surface area is 129 Å². The molecule has 1 aromatic rings. The van der Waals surface area contributed by atoms with Crippen LogP contribution in [-0.4, -0.2) is 55.6 Å². The van der Waals surface area contributed by atoms with Gasteiger partial charge in [-0.15, -0.1) is 0 Å². The molecule has 1 aromatic carbocycles. The molecule has 0 radical (unpaired) electrons. The smallest absolute Gasteiger partial charge is 0.0372 e. The third-order valence-corrected chi connectivity index (χ3v) is 5.71. The fourth-order valence-corrected chi connectivity index (χ4v) is 4.20. The van der Waals surface area contributed by atoms with Crippen molar-refractivity contribution in [3.05, 3.63) is 35.4 Å². The highest BCUT2D eigenvalue weighted by Crippen LogP contribution is 2.33. The maximum absolute atomic E-state index is 6.25. The molecular weight excluding hydrogens is 258 g/mol. The van der Waals surface area contributed by atoms with Gasteiger partial charge in [0.05, 0.1) is 0 Å². The van der Waals surface area contributed by atoms with Crippen LogP contribution in [0.2, 0.25) is 0 Å². The summed E-state index contributed by atoms with van der Waals surface area (Å²) in [5.41, 5.74) is 9.44. The zero-order valence-electron chi connectivity index (χ0n) is 13.5. The Bertz CT molecular complexity index is 487. The van der Waals surface area contributed by atoms with Crippen LogP contribution < -0.4 is 5.73 Å². The van der Waals surface area contributed by atoms with Crippen molar-refractivity contribution < 1.29 is 0 Å². The Hall–Kier alpha value is -0.900. The molecule has 3 nitrogen and oxygen atoms in total. The van der Waals surface area contributed by atoms with Gasteiger partial charge in [-0.3, -0.25) is 4.90 Å². The third-order valence-electron chi connectivity index (χ3n) is 5.71. The van der Waals surface area contributed by atoms with Crippen LogP contribution in [0.5, 0.6) is 0 Å². The van der Waals surface area contributed by atoms with Crippen molar-refractivity contribution in [2.75, 3.05) is 40.3 Å². The summed E-state index contributed by atoms with van der Waals surface area (Å²) in [6, 6.07) is 8.89. The van der Waals surface area contributed by atoms with Crippen LogP contribution in [0.25, 0.3) is 0 Å². The van der Waals surface area contributed by atoms with Gasteiger partial charge in [0.1, 0.15) is 0 Å². The molecule has 1 aliphatic heterocycles. The molecule has 2 aliphatic rings. The van der Waals surface area contributed by atoms with Crippen LogP contribution in [0.1, 0.15) is 24.0 Å². The topological polar surface area (TPSA) is 32.5 Å². The minimum absolute atomic E-state index is 0.162. The molecule has 1 fully saturated rings. The first-order valence-electron chi connectivity index (χ1n) is 8.29. The van der Waals surface area contributed by atoms with Crippen LogP contribution in [0, 0.1) is 5.92 Å². The Morgan fingerprint density at radius 1 is 1.33 bits per heavy atom. The fraction of sp³-hybridized carbons (Fsp3) is 0.667. The molecule has 116 valence electrons. The summed E-state index contributed by atoms with van der Waals surface area (Å²) in [7, 11) is 4.52. The van der Waals surface area contributed by atoms with Gasteiger partial charge in [0.25, 0.3) is 0 Å². The summed E-state index contributed by atoms with van der Waals surface area (Å²) in [6.07, 6.45) is 4.80. The minimum atomic E-state index is 0.162. The number of rotatable bonds is 4. The van der Waals surface area contributed by atoms with Crippen molar-refractivity contribution in [1.29, 1.82) is 0 Å². The second kappa shape index (κ2) is 6.07. The number of likely N-dealkylation sites (N-methyl/N-ethyl adjacent to an activating group) is 1. The lowest BCUT2D eigenvalue weighted by molar-refractivity contribution is 0.0916. The van der Waals surface area contributed by atoms with Crippen LogP contribution in [-0.2, 0) is 12.8 Å². The molecule has 2 N–H and O–H groups in total. The summed E-state index contributed by atoms with van der Waals surface area (Å²) in [5.74, 6) is 0.806. The van der Waals surface area contributed by atoms with Gasteiger partial charge in [-0.05, 0) is 63.4 Å². The van der Waals surface area contributed by atoms with Crippen LogP contribution >= 0.6 is 0 Å². The number of benzene rings is 1. The molecule has 2 atom stereocenters. The monoisotopic (exact) mass is 287 g/mol. The zero-order chi connectivity index (χ0) is 14.9. The van der Waals surface area contributed by atoms with E-state index in [2.05, 4.69) is 48.2 Å². The molecule has 0 saturated carbocycles. The van der Waals surface area contributed by atoms with E-state index in [1.807, 2.05) is 0 Å². The van der Waals surface area contributed by atoms with Gasteiger partial charge in [0, 0.05) is 25.2 Å². The normalized spacial score (nSPS) is 29.8. The third kappa shape index (κ3) is 3.01. The summed E-state index contributed by atoms with van der Waals surface area (Å²) >= 11 is 0. The van der Waals surface area contributed by atoms with Crippen LogP contribution in [0.15, 0.2) is 24.3 Å². The number of likely N-dealkylation sites (tertiary alicyclic amines) is 1. The van der Waals surface area contributed by atoms with Gasteiger partial charge in [-0.25, -0.2) is 0 Å². The van der Waals surface area contributed by atoms with E-state index in [4.69, 9.17) is 5.73 Å². The first-order chi connectivity index (χ1) is 10.1. The van der Waals surface area contributed by atoms with E-state index in [1.54, 1.807) is 0 Å². The molecule has 1 heterocycles. The molecule has 21 heavy (non-hydrogen) atoms. The van der Waals surface area contributed by atoms with Crippen LogP contribution in [0.4, 0.5) is 0 Å². The van der Waals surface area contributed by atoms with Crippen molar-refractivity contribution in [2.45, 2.75) is 31.2 Å². The van der Waals surface area contributed by atoms with Gasteiger partial charge in [0.15, 0.2) is 0 Å². The number of nitrogens with two attached hydrogens (primary N) is 1. The lowest BCUT2D eigenvalue weighted by atomic mass is 9.76. The molecule has 2 unspecified atom stereocenters. The van der Waals surface area contributed by atoms with Crippen molar-refractivity contribution in [3.63, 3.8) is 0 Å². The quantitative estimate of drug-likeness (QED) is 0.916. The van der Waals surface area contributed by atoms with Gasteiger partial charge in [-0.2, -0.15) is 0 Å². The first-order valence-corrected chi connectivity index (χ1v) is 8.29. The molecular formula is C18H29N3. The van der Waals surface area contributed by atoms with Gasteiger partial charge >= 0.3 is 0 Å². The predicted octanol–water partition coefficient (Wildman–Crippen LogP) is 1.76. The average Bonchev–Trinajstić information content (AvgIpc) is 2.91. The SMILES string of the molecule is CN1CCC(CN(C)C2(CN)CCc3ccccc3C2)C1. The fourth-order valence-electron chi connectivity index (χ4n) is 4.20. The first kappa shape index (κ1) is 15.0. The van der Waals surface area contributed by atoms with E-state index in [9.17, 15) is 0 Å². The molecule has 3 heteroatoms. The number of fused-ring (bicyclic) bond motifs is 1. The van der Waals surface area contributed by atoms with E-state index in [1.165, 1.54) is 50.0 Å². The maximum atomic E-state index is 6.25. The Morgan fingerprint density at radius 2 is 2.10 bits per heavy atom. The molecule has 3 rings (SSSR count). The highest BCUT2D eigenvalue weighted by molar-refractivity contribution is 5.32.